The standard InChI is InChI=1S/C18H20N4O2/c23-17(19-11-14-10-12-4-5-13(14)9-12)7-6-15-18(24)22-8-2-1-3-16(22)21-20-15/h1-5,8,12-14H,6-7,9-11H2,(H,19,23)/t12-,13+,14-/m1/s1. The number of nitrogens with zero attached hydrogens (tertiary/aromatic N) is 3. The predicted octanol–water partition coefficient (Wildman–Crippen LogP) is 1.35. The Morgan fingerprint density at radius 2 is 2.17 bits per heavy atom. The van der Waals surface area contributed by atoms with Crippen molar-refractivity contribution in [3.8, 4) is 0 Å². The molecule has 0 unspecified atom stereocenters. The van der Waals surface area contributed by atoms with Gasteiger partial charge in [0.25, 0.3) is 5.56 Å². The highest BCUT2D eigenvalue weighted by Crippen LogP contribution is 2.42. The van der Waals surface area contributed by atoms with Crippen LogP contribution in [0, 0.1) is 17.8 Å². The third kappa shape index (κ3) is 2.84. The van der Waals surface area contributed by atoms with Crippen LogP contribution in [-0.2, 0) is 11.2 Å². The van der Waals surface area contributed by atoms with E-state index in [-0.39, 0.29) is 17.9 Å². The lowest BCUT2D eigenvalue weighted by molar-refractivity contribution is -0.121. The van der Waals surface area contributed by atoms with Gasteiger partial charge in [0, 0.05) is 25.6 Å². The van der Waals surface area contributed by atoms with Crippen molar-refractivity contribution in [3.63, 3.8) is 0 Å². The fourth-order valence-electron chi connectivity index (χ4n) is 3.83. The van der Waals surface area contributed by atoms with E-state index in [9.17, 15) is 9.59 Å². The van der Waals surface area contributed by atoms with Gasteiger partial charge >= 0.3 is 0 Å². The molecule has 2 aliphatic rings. The molecule has 6 heteroatoms. The second kappa shape index (κ2) is 6.19. The van der Waals surface area contributed by atoms with Gasteiger partial charge in [-0.1, -0.05) is 18.2 Å². The summed E-state index contributed by atoms with van der Waals surface area (Å²) in [4.78, 5) is 24.4. The van der Waals surface area contributed by atoms with Gasteiger partial charge < -0.3 is 5.32 Å². The SMILES string of the molecule is O=C(CCc1nnc2ccccn2c1=O)NC[C@H]1C[C@@H]2C=C[C@H]1C2. The highest BCUT2D eigenvalue weighted by atomic mass is 16.1. The van der Waals surface area contributed by atoms with Crippen molar-refractivity contribution < 1.29 is 4.79 Å². The number of carbonyl (C=O) groups is 1. The largest absolute Gasteiger partial charge is 0.356 e. The minimum absolute atomic E-state index is 0.0267. The molecule has 2 aliphatic carbocycles. The number of hydrogen-bond acceptors (Lipinski definition) is 4. The van der Waals surface area contributed by atoms with Crippen molar-refractivity contribution in [1.29, 1.82) is 0 Å². The van der Waals surface area contributed by atoms with E-state index in [2.05, 4.69) is 27.7 Å². The number of aromatic nitrogens is 3. The molecule has 1 N–H and O–H groups in total. The number of fused-ring (bicyclic) bond motifs is 3. The van der Waals surface area contributed by atoms with Crippen LogP contribution in [0.15, 0.2) is 41.3 Å². The summed E-state index contributed by atoms with van der Waals surface area (Å²) in [6.45, 7) is 0.729. The van der Waals surface area contributed by atoms with Gasteiger partial charge in [-0.05, 0) is 42.7 Å². The number of rotatable bonds is 5. The first-order valence-corrected chi connectivity index (χ1v) is 8.48. The molecular formula is C18H20N4O2. The number of allylic oxidation sites excluding steroid dienone is 2. The third-order valence-electron chi connectivity index (χ3n) is 5.14. The maximum Gasteiger partial charge on any atom is 0.279 e. The molecule has 1 saturated carbocycles. The number of aryl methyl sites for hydroxylation is 1. The summed E-state index contributed by atoms with van der Waals surface area (Å²) < 4.78 is 1.46. The van der Waals surface area contributed by atoms with Crippen LogP contribution in [0.5, 0.6) is 0 Å². The Morgan fingerprint density at radius 3 is 2.96 bits per heavy atom. The van der Waals surface area contributed by atoms with E-state index in [0.717, 1.165) is 6.54 Å². The number of nitrogens with one attached hydrogen (secondary N) is 1. The molecule has 124 valence electrons. The average molecular weight is 324 g/mol. The number of carbonyl (C=O) groups excluding carboxylic acids is 1. The Kier molecular flexibility index (Phi) is 3.88. The van der Waals surface area contributed by atoms with Gasteiger partial charge in [-0.3, -0.25) is 14.0 Å². The van der Waals surface area contributed by atoms with Crippen LogP contribution in [0.4, 0.5) is 0 Å². The molecule has 0 saturated heterocycles. The summed E-state index contributed by atoms with van der Waals surface area (Å²) >= 11 is 0. The van der Waals surface area contributed by atoms with E-state index in [0.29, 0.717) is 35.5 Å². The maximum absolute atomic E-state index is 12.3. The fraction of sp³-hybridized carbons (Fsp3) is 0.444. The maximum atomic E-state index is 12.3. The van der Waals surface area contributed by atoms with Crippen molar-refractivity contribution in [2.75, 3.05) is 6.54 Å². The lowest BCUT2D eigenvalue weighted by atomic mass is 9.93. The average Bonchev–Trinajstić information content (AvgIpc) is 3.22. The van der Waals surface area contributed by atoms with Gasteiger partial charge in [-0.25, -0.2) is 0 Å². The van der Waals surface area contributed by atoms with Crippen LogP contribution < -0.4 is 10.9 Å². The first kappa shape index (κ1) is 15.1. The molecule has 2 aromatic heterocycles. The molecule has 6 nitrogen and oxygen atoms in total. The van der Waals surface area contributed by atoms with Crippen LogP contribution in [0.2, 0.25) is 0 Å². The van der Waals surface area contributed by atoms with Crippen molar-refractivity contribution in [1.82, 2.24) is 19.9 Å². The fourth-order valence-corrected chi connectivity index (χ4v) is 3.83. The normalized spacial score (nSPS) is 24.6. The Morgan fingerprint density at radius 1 is 1.25 bits per heavy atom. The number of pyridine rings is 1. The molecular weight excluding hydrogens is 304 g/mol. The van der Waals surface area contributed by atoms with Crippen molar-refractivity contribution in [2.24, 2.45) is 17.8 Å². The Labute approximate surface area is 139 Å². The molecule has 4 rings (SSSR count). The van der Waals surface area contributed by atoms with E-state index in [4.69, 9.17) is 0 Å². The van der Waals surface area contributed by atoms with Gasteiger partial charge in [0.05, 0.1) is 0 Å². The van der Waals surface area contributed by atoms with E-state index in [1.165, 1.54) is 17.2 Å². The van der Waals surface area contributed by atoms with Crippen LogP contribution in [0.1, 0.15) is 25.0 Å². The van der Waals surface area contributed by atoms with Crippen LogP contribution in [-0.4, -0.2) is 27.0 Å². The molecule has 2 bridgehead atoms. The summed E-state index contributed by atoms with van der Waals surface area (Å²) in [7, 11) is 0. The molecule has 3 atom stereocenters. The summed E-state index contributed by atoms with van der Waals surface area (Å²) in [6.07, 6.45) is 9.25. The van der Waals surface area contributed by atoms with Gasteiger partial charge in [-0.15, -0.1) is 10.2 Å². The molecule has 0 aromatic carbocycles. The highest BCUT2D eigenvalue weighted by molar-refractivity contribution is 5.76. The van der Waals surface area contributed by atoms with E-state index in [1.54, 1.807) is 24.4 Å². The van der Waals surface area contributed by atoms with Crippen LogP contribution in [0.3, 0.4) is 0 Å². The van der Waals surface area contributed by atoms with Crippen LogP contribution >= 0.6 is 0 Å². The lowest BCUT2D eigenvalue weighted by Gasteiger charge is -2.18. The number of amides is 1. The van der Waals surface area contributed by atoms with E-state index in [1.807, 2.05) is 0 Å². The lowest BCUT2D eigenvalue weighted by Crippen LogP contribution is -2.31. The first-order chi connectivity index (χ1) is 11.7. The third-order valence-corrected chi connectivity index (χ3v) is 5.14. The van der Waals surface area contributed by atoms with Gasteiger partial charge in [0.2, 0.25) is 5.91 Å². The quantitative estimate of drug-likeness (QED) is 0.842. The topological polar surface area (TPSA) is 76.4 Å². The number of hydrogen-bond donors (Lipinski definition) is 1. The Balaban J connectivity index is 1.33. The molecule has 0 spiro atoms. The van der Waals surface area contributed by atoms with E-state index < -0.39 is 0 Å². The monoisotopic (exact) mass is 324 g/mol. The molecule has 2 aromatic rings. The summed E-state index contributed by atoms with van der Waals surface area (Å²) in [6, 6.07) is 5.31. The van der Waals surface area contributed by atoms with Gasteiger partial charge in [0.1, 0.15) is 5.69 Å². The Bertz CT molecular complexity index is 857. The second-order valence-electron chi connectivity index (χ2n) is 6.73. The second-order valence-corrected chi connectivity index (χ2v) is 6.73. The van der Waals surface area contributed by atoms with Crippen molar-refractivity contribution >= 4 is 11.6 Å². The van der Waals surface area contributed by atoms with Gasteiger partial charge in [-0.2, -0.15) is 0 Å². The molecule has 1 fully saturated rings. The van der Waals surface area contributed by atoms with Crippen molar-refractivity contribution in [3.05, 3.63) is 52.6 Å². The highest BCUT2D eigenvalue weighted by Gasteiger charge is 2.35. The smallest absolute Gasteiger partial charge is 0.279 e. The minimum Gasteiger partial charge on any atom is -0.356 e. The molecule has 0 aliphatic heterocycles. The molecule has 2 heterocycles. The van der Waals surface area contributed by atoms with E-state index >= 15 is 0 Å². The zero-order chi connectivity index (χ0) is 16.5. The predicted molar refractivity (Wildman–Crippen MR) is 89.4 cm³/mol. The minimum atomic E-state index is -0.202. The summed E-state index contributed by atoms with van der Waals surface area (Å²) in [5.41, 5.74) is 0.642. The molecule has 0 radical (unpaired) electrons. The summed E-state index contributed by atoms with van der Waals surface area (Å²) in [5, 5.41) is 11.0. The Hall–Kier alpha value is -2.50. The van der Waals surface area contributed by atoms with Gasteiger partial charge in [0.15, 0.2) is 5.65 Å². The molecule has 1 amide bonds. The van der Waals surface area contributed by atoms with Crippen LogP contribution in [0.25, 0.3) is 5.65 Å². The first-order valence-electron chi connectivity index (χ1n) is 8.48. The molecule has 24 heavy (non-hydrogen) atoms. The zero-order valence-corrected chi connectivity index (χ0v) is 13.4. The zero-order valence-electron chi connectivity index (χ0n) is 13.4. The summed E-state index contributed by atoms with van der Waals surface area (Å²) in [5.74, 6) is 1.88. The van der Waals surface area contributed by atoms with Crippen molar-refractivity contribution in [2.45, 2.75) is 25.7 Å².